The maximum Gasteiger partial charge on any atom is 0.407 e. The maximum atomic E-state index is 11.5. The third-order valence-corrected chi connectivity index (χ3v) is 2.58. The SMILES string of the molecule is CCOC(=O)C(CCSC)NC(=O)OCCCl. The molecule has 1 atom stereocenters. The van der Waals surface area contributed by atoms with Crippen LogP contribution in [0.3, 0.4) is 0 Å². The number of nitrogens with one attached hydrogen (secondary N) is 1. The second kappa shape index (κ2) is 10.5. The van der Waals surface area contributed by atoms with Gasteiger partial charge in [-0.1, -0.05) is 0 Å². The Morgan fingerprint density at radius 3 is 2.65 bits per heavy atom. The van der Waals surface area contributed by atoms with Crippen molar-refractivity contribution in [3.63, 3.8) is 0 Å². The highest BCUT2D eigenvalue weighted by atomic mass is 35.5. The lowest BCUT2D eigenvalue weighted by Gasteiger charge is -2.16. The molecule has 100 valence electrons. The number of thioether (sulfide) groups is 1. The van der Waals surface area contributed by atoms with Gasteiger partial charge < -0.3 is 14.8 Å². The number of hydrogen-bond acceptors (Lipinski definition) is 5. The minimum absolute atomic E-state index is 0.117. The molecule has 0 heterocycles. The highest BCUT2D eigenvalue weighted by Gasteiger charge is 2.21. The van der Waals surface area contributed by atoms with E-state index < -0.39 is 18.1 Å². The summed E-state index contributed by atoms with van der Waals surface area (Å²) in [6.07, 6.45) is 1.79. The van der Waals surface area contributed by atoms with Gasteiger partial charge in [0.2, 0.25) is 0 Å². The fourth-order valence-electron chi connectivity index (χ4n) is 1.04. The Morgan fingerprint density at radius 1 is 1.41 bits per heavy atom. The van der Waals surface area contributed by atoms with Crippen LogP contribution in [0.15, 0.2) is 0 Å². The molecule has 1 N–H and O–H groups in total. The molecule has 0 bridgehead atoms. The first-order valence-corrected chi connectivity index (χ1v) is 7.23. The first-order chi connectivity index (χ1) is 8.15. The molecule has 0 fully saturated rings. The Morgan fingerprint density at radius 2 is 2.12 bits per heavy atom. The smallest absolute Gasteiger partial charge is 0.407 e. The molecule has 0 aromatic rings. The van der Waals surface area contributed by atoms with E-state index in [0.717, 1.165) is 5.75 Å². The fraction of sp³-hybridized carbons (Fsp3) is 0.800. The summed E-state index contributed by atoms with van der Waals surface area (Å²) in [7, 11) is 0. The van der Waals surface area contributed by atoms with E-state index in [1.807, 2.05) is 6.26 Å². The van der Waals surface area contributed by atoms with Crippen LogP contribution in [0, 0.1) is 0 Å². The highest BCUT2D eigenvalue weighted by Crippen LogP contribution is 2.03. The number of halogens is 1. The standard InChI is InChI=1S/C10H18ClNO4S/c1-3-15-9(13)8(4-7-17-2)12-10(14)16-6-5-11/h8H,3-7H2,1-2H3,(H,12,14). The first-order valence-electron chi connectivity index (χ1n) is 5.30. The van der Waals surface area contributed by atoms with Crippen LogP contribution in [0.1, 0.15) is 13.3 Å². The molecule has 1 unspecified atom stereocenters. The summed E-state index contributed by atoms with van der Waals surface area (Å²) in [5, 5.41) is 2.46. The Balaban J connectivity index is 4.16. The largest absolute Gasteiger partial charge is 0.464 e. The summed E-state index contributed by atoms with van der Waals surface area (Å²) >= 11 is 6.97. The fourth-order valence-corrected chi connectivity index (χ4v) is 1.59. The Kier molecular flexibility index (Phi) is 10.1. The summed E-state index contributed by atoms with van der Waals surface area (Å²) in [6, 6.07) is -0.662. The van der Waals surface area contributed by atoms with Crippen molar-refractivity contribution in [3.05, 3.63) is 0 Å². The molecular formula is C10H18ClNO4S. The maximum absolute atomic E-state index is 11.5. The molecule has 5 nitrogen and oxygen atoms in total. The highest BCUT2D eigenvalue weighted by molar-refractivity contribution is 7.98. The van der Waals surface area contributed by atoms with Crippen LogP contribution in [-0.2, 0) is 14.3 Å². The summed E-state index contributed by atoms with van der Waals surface area (Å²) in [5.41, 5.74) is 0. The molecular weight excluding hydrogens is 266 g/mol. The second-order valence-corrected chi connectivity index (χ2v) is 4.42. The van der Waals surface area contributed by atoms with Gasteiger partial charge in [0.1, 0.15) is 12.6 Å². The van der Waals surface area contributed by atoms with Crippen LogP contribution in [0.2, 0.25) is 0 Å². The van der Waals surface area contributed by atoms with E-state index >= 15 is 0 Å². The molecule has 0 spiro atoms. The molecule has 0 saturated carbocycles. The average Bonchev–Trinajstić information content (AvgIpc) is 2.32. The number of ether oxygens (including phenoxy) is 2. The minimum Gasteiger partial charge on any atom is -0.464 e. The third kappa shape index (κ3) is 8.15. The van der Waals surface area contributed by atoms with Crippen LogP contribution in [0.25, 0.3) is 0 Å². The van der Waals surface area contributed by atoms with Crippen molar-refractivity contribution < 1.29 is 19.1 Å². The molecule has 0 rings (SSSR count). The van der Waals surface area contributed by atoms with Crippen molar-refractivity contribution in [2.75, 3.05) is 31.1 Å². The van der Waals surface area contributed by atoms with E-state index in [9.17, 15) is 9.59 Å². The van der Waals surface area contributed by atoms with Crippen LogP contribution in [-0.4, -0.2) is 49.2 Å². The van der Waals surface area contributed by atoms with E-state index in [-0.39, 0.29) is 19.1 Å². The van der Waals surface area contributed by atoms with E-state index in [4.69, 9.17) is 21.1 Å². The van der Waals surface area contributed by atoms with Gasteiger partial charge in [-0.2, -0.15) is 11.8 Å². The summed E-state index contributed by atoms with van der Waals surface area (Å²) < 4.78 is 9.60. The van der Waals surface area contributed by atoms with Gasteiger partial charge in [-0.3, -0.25) is 0 Å². The van der Waals surface area contributed by atoms with Gasteiger partial charge in [0.25, 0.3) is 0 Å². The summed E-state index contributed by atoms with van der Waals surface area (Å²) in [6.45, 7) is 2.12. The molecule has 7 heteroatoms. The van der Waals surface area contributed by atoms with Crippen LogP contribution >= 0.6 is 23.4 Å². The number of amides is 1. The molecule has 0 radical (unpaired) electrons. The summed E-state index contributed by atoms with van der Waals surface area (Å²) in [4.78, 5) is 22.8. The molecule has 0 aliphatic rings. The zero-order valence-corrected chi connectivity index (χ0v) is 11.6. The molecule has 0 aromatic heterocycles. The van der Waals surface area contributed by atoms with Crippen molar-refractivity contribution in [3.8, 4) is 0 Å². The number of carbonyl (C=O) groups excluding carboxylic acids is 2. The lowest BCUT2D eigenvalue weighted by Crippen LogP contribution is -2.42. The minimum atomic E-state index is -0.662. The quantitative estimate of drug-likeness (QED) is 0.542. The van der Waals surface area contributed by atoms with Gasteiger partial charge >= 0.3 is 12.1 Å². The Hall–Kier alpha value is -0.620. The van der Waals surface area contributed by atoms with Gasteiger partial charge in [0, 0.05) is 0 Å². The van der Waals surface area contributed by atoms with Crippen LogP contribution in [0.4, 0.5) is 4.79 Å². The van der Waals surface area contributed by atoms with E-state index in [2.05, 4.69) is 5.32 Å². The molecule has 0 aliphatic heterocycles. The van der Waals surface area contributed by atoms with Gasteiger partial charge in [0.05, 0.1) is 12.5 Å². The number of alkyl carbamates (subject to hydrolysis) is 1. The van der Waals surface area contributed by atoms with Crippen molar-refractivity contribution in [1.82, 2.24) is 5.32 Å². The molecule has 0 aromatic carbocycles. The van der Waals surface area contributed by atoms with Crippen molar-refractivity contribution in [2.45, 2.75) is 19.4 Å². The monoisotopic (exact) mass is 283 g/mol. The number of esters is 1. The molecule has 0 saturated heterocycles. The van der Waals surface area contributed by atoms with Gasteiger partial charge in [-0.15, -0.1) is 11.6 Å². The Labute approximate surface area is 111 Å². The third-order valence-electron chi connectivity index (χ3n) is 1.78. The first kappa shape index (κ1) is 16.4. The zero-order valence-electron chi connectivity index (χ0n) is 10.0. The number of rotatable bonds is 8. The van der Waals surface area contributed by atoms with Gasteiger partial charge in [0.15, 0.2) is 0 Å². The molecule has 1 amide bonds. The number of carbonyl (C=O) groups is 2. The topological polar surface area (TPSA) is 64.6 Å². The van der Waals surface area contributed by atoms with Crippen molar-refractivity contribution in [2.24, 2.45) is 0 Å². The number of hydrogen-bond donors (Lipinski definition) is 1. The Bertz CT molecular complexity index is 240. The van der Waals surface area contributed by atoms with Gasteiger partial charge in [-0.25, -0.2) is 9.59 Å². The zero-order chi connectivity index (χ0) is 13.1. The van der Waals surface area contributed by atoms with E-state index in [1.165, 1.54) is 0 Å². The lowest BCUT2D eigenvalue weighted by atomic mass is 10.2. The lowest BCUT2D eigenvalue weighted by molar-refractivity contribution is -0.145. The average molecular weight is 284 g/mol. The van der Waals surface area contributed by atoms with Crippen molar-refractivity contribution >= 4 is 35.4 Å². The van der Waals surface area contributed by atoms with Crippen LogP contribution in [0.5, 0.6) is 0 Å². The normalized spacial score (nSPS) is 11.7. The van der Waals surface area contributed by atoms with Crippen LogP contribution < -0.4 is 5.32 Å². The number of alkyl halides is 1. The van der Waals surface area contributed by atoms with E-state index in [1.54, 1.807) is 18.7 Å². The van der Waals surface area contributed by atoms with Crippen molar-refractivity contribution in [1.29, 1.82) is 0 Å². The second-order valence-electron chi connectivity index (χ2n) is 3.06. The summed E-state index contributed by atoms with van der Waals surface area (Å²) in [5.74, 6) is 0.533. The predicted molar refractivity (Wildman–Crippen MR) is 68.6 cm³/mol. The molecule has 0 aliphatic carbocycles. The van der Waals surface area contributed by atoms with E-state index in [0.29, 0.717) is 6.42 Å². The predicted octanol–water partition coefficient (Wildman–Crippen LogP) is 1.64. The molecule has 17 heavy (non-hydrogen) atoms. The van der Waals surface area contributed by atoms with Gasteiger partial charge in [-0.05, 0) is 25.4 Å².